The van der Waals surface area contributed by atoms with Crippen molar-refractivity contribution < 1.29 is 26.4 Å². The number of rotatable bonds is 7. The monoisotopic (exact) mass is 383 g/mol. The molecule has 9 nitrogen and oxygen atoms in total. The number of anilines is 2. The van der Waals surface area contributed by atoms with Crippen LogP contribution < -0.4 is 15.8 Å². The van der Waals surface area contributed by atoms with Gasteiger partial charge in [-0.05, 0) is 42.5 Å². The zero-order chi connectivity index (χ0) is 18.7. The number of sulfonamides is 1. The summed E-state index contributed by atoms with van der Waals surface area (Å²) in [6, 6.07) is 8.35. The fraction of sp³-hybridized carbons (Fsp3) is 0. The Morgan fingerprint density at radius 3 is 1.80 bits per heavy atom. The van der Waals surface area contributed by atoms with Crippen LogP contribution >= 0.6 is 0 Å². The summed E-state index contributed by atoms with van der Waals surface area (Å²) < 4.78 is 49.0. The Labute approximate surface area is 143 Å². The second-order valence-corrected chi connectivity index (χ2v) is 8.21. The highest BCUT2D eigenvalue weighted by atomic mass is 32.2. The van der Waals surface area contributed by atoms with Crippen LogP contribution in [-0.4, -0.2) is 29.7 Å². The number of nitrogens with one attached hydrogen (secondary N) is 2. The van der Waals surface area contributed by atoms with Crippen molar-refractivity contribution in [1.29, 1.82) is 0 Å². The fourth-order valence-corrected chi connectivity index (χ4v) is 4.67. The highest BCUT2D eigenvalue weighted by Gasteiger charge is 2.26. The number of benzene rings is 2. The van der Waals surface area contributed by atoms with Crippen LogP contribution in [0.2, 0.25) is 0 Å². The van der Waals surface area contributed by atoms with Gasteiger partial charge in [0, 0.05) is 11.4 Å². The van der Waals surface area contributed by atoms with Gasteiger partial charge in [0.1, 0.15) is 4.90 Å². The molecule has 0 spiro atoms. The van der Waals surface area contributed by atoms with Gasteiger partial charge in [0.15, 0.2) is 0 Å². The van der Waals surface area contributed by atoms with E-state index >= 15 is 0 Å². The highest BCUT2D eigenvalue weighted by molar-refractivity contribution is 7.93. The molecule has 0 aromatic heterocycles. The topological polar surface area (TPSA) is 152 Å². The molecule has 0 unspecified atom stereocenters. The Balaban J connectivity index is 2.62. The lowest BCUT2D eigenvalue weighted by molar-refractivity contribution is -0.106. The number of carbonyl (C=O) groups excluding carboxylic acids is 2. The molecule has 2 aromatic rings. The van der Waals surface area contributed by atoms with E-state index in [1.807, 2.05) is 0 Å². The SMILES string of the molecule is NS(=O)(=O)c1cc(NC=O)ccc1S(=O)(=O)c1ccc(NC=O)cc1. The third-order valence-electron chi connectivity index (χ3n) is 3.16. The maximum absolute atomic E-state index is 12.7. The molecule has 0 bridgehead atoms. The molecule has 11 heteroatoms. The number of carbonyl (C=O) groups is 2. The molecule has 132 valence electrons. The predicted molar refractivity (Wildman–Crippen MR) is 89.1 cm³/mol. The average molecular weight is 383 g/mol. The molecule has 0 atom stereocenters. The summed E-state index contributed by atoms with van der Waals surface area (Å²) in [6.07, 6.45) is 0.747. The van der Waals surface area contributed by atoms with Crippen molar-refractivity contribution in [2.24, 2.45) is 5.14 Å². The lowest BCUT2D eigenvalue weighted by Crippen LogP contribution is -2.17. The van der Waals surface area contributed by atoms with Crippen LogP contribution in [-0.2, 0) is 29.4 Å². The van der Waals surface area contributed by atoms with Crippen molar-refractivity contribution >= 4 is 44.1 Å². The molecule has 2 aromatic carbocycles. The zero-order valence-corrected chi connectivity index (χ0v) is 14.2. The quantitative estimate of drug-likeness (QED) is 0.585. The summed E-state index contributed by atoms with van der Waals surface area (Å²) in [4.78, 5) is 19.5. The number of primary sulfonamides is 1. The average Bonchev–Trinajstić information content (AvgIpc) is 2.55. The molecule has 0 aliphatic heterocycles. The van der Waals surface area contributed by atoms with Crippen LogP contribution in [0.1, 0.15) is 0 Å². The minimum absolute atomic E-state index is 0.0727. The minimum Gasteiger partial charge on any atom is -0.329 e. The van der Waals surface area contributed by atoms with E-state index in [2.05, 4.69) is 10.6 Å². The smallest absolute Gasteiger partial charge is 0.239 e. The predicted octanol–water partition coefficient (Wildman–Crippen LogP) is 0.303. The van der Waals surface area contributed by atoms with Crippen molar-refractivity contribution in [2.45, 2.75) is 14.7 Å². The molecule has 0 saturated heterocycles. The van der Waals surface area contributed by atoms with E-state index in [1.165, 1.54) is 30.3 Å². The van der Waals surface area contributed by atoms with Crippen molar-refractivity contribution in [1.82, 2.24) is 0 Å². The van der Waals surface area contributed by atoms with E-state index in [9.17, 15) is 26.4 Å². The van der Waals surface area contributed by atoms with Gasteiger partial charge in [-0.1, -0.05) is 0 Å². The van der Waals surface area contributed by atoms with Crippen molar-refractivity contribution in [3.8, 4) is 0 Å². The molecule has 0 aliphatic rings. The fourth-order valence-electron chi connectivity index (χ4n) is 2.04. The van der Waals surface area contributed by atoms with Gasteiger partial charge in [-0.25, -0.2) is 22.0 Å². The molecule has 25 heavy (non-hydrogen) atoms. The first-order valence-electron chi connectivity index (χ1n) is 6.62. The van der Waals surface area contributed by atoms with Crippen LogP contribution in [0.4, 0.5) is 11.4 Å². The summed E-state index contributed by atoms with van der Waals surface area (Å²) in [6.45, 7) is 0. The third kappa shape index (κ3) is 4.02. The molecule has 0 fully saturated rings. The molecule has 0 aliphatic carbocycles. The van der Waals surface area contributed by atoms with Crippen molar-refractivity contribution in [3.63, 3.8) is 0 Å². The van der Waals surface area contributed by atoms with Gasteiger partial charge >= 0.3 is 0 Å². The third-order valence-corrected chi connectivity index (χ3v) is 6.06. The second-order valence-electron chi connectivity index (χ2n) is 4.76. The van der Waals surface area contributed by atoms with E-state index in [4.69, 9.17) is 5.14 Å². The first-order valence-corrected chi connectivity index (χ1v) is 9.65. The normalized spacial score (nSPS) is 11.6. The van der Waals surface area contributed by atoms with Gasteiger partial charge in [-0.15, -0.1) is 0 Å². The Morgan fingerprint density at radius 2 is 1.28 bits per heavy atom. The van der Waals surface area contributed by atoms with Crippen molar-refractivity contribution in [2.75, 3.05) is 10.6 Å². The van der Waals surface area contributed by atoms with Gasteiger partial charge in [-0.2, -0.15) is 0 Å². The van der Waals surface area contributed by atoms with Crippen LogP contribution in [0.25, 0.3) is 0 Å². The zero-order valence-electron chi connectivity index (χ0n) is 12.5. The van der Waals surface area contributed by atoms with E-state index < -0.39 is 29.7 Å². The standard InChI is InChI=1S/C14H13N3O6S2/c15-25(22,23)14-7-11(17-9-19)3-6-13(14)24(20,21)12-4-1-10(2-5-12)16-8-18/h1-9H,(H,16,18)(H,17,19)(H2,15,22,23). The van der Waals surface area contributed by atoms with Crippen LogP contribution in [0.3, 0.4) is 0 Å². The summed E-state index contributed by atoms with van der Waals surface area (Å²) in [5.41, 5.74) is 0.439. The Kier molecular flexibility index (Phi) is 5.21. The molecular weight excluding hydrogens is 370 g/mol. The molecule has 0 saturated carbocycles. The maximum atomic E-state index is 12.7. The van der Waals surface area contributed by atoms with Gasteiger partial charge in [0.2, 0.25) is 32.7 Å². The second kappa shape index (κ2) is 7.01. The lowest BCUT2D eigenvalue weighted by atomic mass is 10.3. The highest BCUT2D eigenvalue weighted by Crippen LogP contribution is 2.29. The molecule has 0 heterocycles. The first-order chi connectivity index (χ1) is 11.7. The number of amides is 2. The maximum Gasteiger partial charge on any atom is 0.239 e. The number of hydrogen-bond acceptors (Lipinski definition) is 6. The van der Waals surface area contributed by atoms with E-state index in [0.29, 0.717) is 18.5 Å². The van der Waals surface area contributed by atoms with Gasteiger partial charge < -0.3 is 10.6 Å². The molecule has 4 N–H and O–H groups in total. The van der Waals surface area contributed by atoms with Gasteiger partial charge in [0.25, 0.3) is 0 Å². The Hall–Kier alpha value is -2.76. The Morgan fingerprint density at radius 1 is 0.760 bits per heavy atom. The molecule has 2 amide bonds. The van der Waals surface area contributed by atoms with Gasteiger partial charge in [-0.3, -0.25) is 9.59 Å². The van der Waals surface area contributed by atoms with E-state index in [0.717, 1.165) is 12.1 Å². The molecule has 2 rings (SSSR count). The van der Waals surface area contributed by atoms with Crippen LogP contribution in [0, 0.1) is 0 Å². The largest absolute Gasteiger partial charge is 0.329 e. The summed E-state index contributed by atoms with van der Waals surface area (Å²) in [7, 11) is -8.58. The van der Waals surface area contributed by atoms with Crippen molar-refractivity contribution in [3.05, 3.63) is 42.5 Å². The number of sulfone groups is 1. The molecule has 0 radical (unpaired) electrons. The minimum atomic E-state index is -4.38. The first kappa shape index (κ1) is 18.6. The van der Waals surface area contributed by atoms with E-state index in [1.54, 1.807) is 0 Å². The van der Waals surface area contributed by atoms with Crippen LogP contribution in [0.15, 0.2) is 57.2 Å². The number of hydrogen-bond donors (Lipinski definition) is 3. The van der Waals surface area contributed by atoms with Crippen LogP contribution in [0.5, 0.6) is 0 Å². The summed E-state index contributed by atoms with van der Waals surface area (Å²) >= 11 is 0. The van der Waals surface area contributed by atoms with Gasteiger partial charge in [0.05, 0.1) is 9.79 Å². The number of nitrogens with two attached hydrogens (primary N) is 1. The van der Waals surface area contributed by atoms with E-state index in [-0.39, 0.29) is 10.6 Å². The summed E-state index contributed by atoms with van der Waals surface area (Å²) in [5, 5.41) is 9.68. The Bertz CT molecular complexity index is 1020. The summed E-state index contributed by atoms with van der Waals surface area (Å²) in [5.74, 6) is 0. The lowest BCUT2D eigenvalue weighted by Gasteiger charge is -2.11. The molecular formula is C14H13N3O6S2.